The first-order valence-corrected chi connectivity index (χ1v) is 9.72. The van der Waals surface area contributed by atoms with Crippen LogP contribution in [0, 0.1) is 11.6 Å². The summed E-state index contributed by atoms with van der Waals surface area (Å²) in [5.41, 5.74) is 1.35. The molecule has 1 aliphatic rings. The lowest BCUT2D eigenvalue weighted by Gasteiger charge is -2.21. The van der Waals surface area contributed by atoms with Gasteiger partial charge in [-0.2, -0.15) is 15.0 Å². The van der Waals surface area contributed by atoms with Gasteiger partial charge in [0.1, 0.15) is 11.6 Å². The third-order valence-corrected chi connectivity index (χ3v) is 4.71. The molecule has 4 rings (SSSR count). The fourth-order valence-corrected chi connectivity index (χ4v) is 3.21. The molecule has 6 nitrogen and oxygen atoms in total. The van der Waals surface area contributed by atoms with Crippen LogP contribution in [0.15, 0.2) is 48.5 Å². The highest BCUT2D eigenvalue weighted by Crippen LogP contribution is 2.22. The van der Waals surface area contributed by atoms with E-state index in [1.165, 1.54) is 37.1 Å². The molecule has 150 valence electrons. The van der Waals surface area contributed by atoms with E-state index in [0.29, 0.717) is 29.2 Å². The van der Waals surface area contributed by atoms with E-state index < -0.39 is 0 Å². The van der Waals surface area contributed by atoms with Gasteiger partial charge in [-0.1, -0.05) is 12.8 Å². The van der Waals surface area contributed by atoms with Gasteiger partial charge in [0.05, 0.1) is 0 Å². The van der Waals surface area contributed by atoms with Crippen molar-refractivity contribution in [2.24, 2.45) is 0 Å². The van der Waals surface area contributed by atoms with Crippen molar-refractivity contribution in [2.75, 3.05) is 28.6 Å². The van der Waals surface area contributed by atoms with E-state index in [-0.39, 0.29) is 11.6 Å². The van der Waals surface area contributed by atoms with Crippen molar-refractivity contribution in [2.45, 2.75) is 25.7 Å². The molecule has 3 aromatic rings. The van der Waals surface area contributed by atoms with Crippen molar-refractivity contribution in [3.05, 3.63) is 60.2 Å². The first kappa shape index (κ1) is 19.0. The van der Waals surface area contributed by atoms with Crippen LogP contribution < -0.4 is 15.5 Å². The summed E-state index contributed by atoms with van der Waals surface area (Å²) in [5, 5.41) is 6.21. The molecule has 2 heterocycles. The summed E-state index contributed by atoms with van der Waals surface area (Å²) in [6, 6.07) is 12.0. The molecule has 1 fully saturated rings. The first-order valence-electron chi connectivity index (χ1n) is 9.72. The minimum atomic E-state index is -0.310. The Hall–Kier alpha value is -3.29. The Labute approximate surface area is 168 Å². The van der Waals surface area contributed by atoms with Crippen LogP contribution >= 0.6 is 0 Å². The molecule has 29 heavy (non-hydrogen) atoms. The van der Waals surface area contributed by atoms with E-state index in [9.17, 15) is 8.78 Å². The second kappa shape index (κ2) is 8.81. The molecule has 2 N–H and O–H groups in total. The molecule has 0 atom stereocenters. The minimum Gasteiger partial charge on any atom is -0.341 e. The van der Waals surface area contributed by atoms with E-state index in [1.807, 2.05) is 0 Å². The maximum atomic E-state index is 13.2. The van der Waals surface area contributed by atoms with Gasteiger partial charge in [0.15, 0.2) is 0 Å². The van der Waals surface area contributed by atoms with Gasteiger partial charge in [-0.25, -0.2) is 8.78 Å². The van der Waals surface area contributed by atoms with Crippen molar-refractivity contribution in [3.8, 4) is 0 Å². The molecule has 8 heteroatoms. The minimum absolute atomic E-state index is 0.310. The lowest BCUT2D eigenvalue weighted by atomic mass is 10.2. The second-order valence-corrected chi connectivity index (χ2v) is 6.95. The summed E-state index contributed by atoms with van der Waals surface area (Å²) in [7, 11) is 0. The van der Waals surface area contributed by atoms with Crippen LogP contribution in [0.3, 0.4) is 0 Å². The normalized spacial score (nSPS) is 14.3. The van der Waals surface area contributed by atoms with Gasteiger partial charge in [-0.05, 0) is 61.4 Å². The molecule has 0 aliphatic carbocycles. The molecule has 1 saturated heterocycles. The van der Waals surface area contributed by atoms with Crippen molar-refractivity contribution in [1.82, 2.24) is 15.0 Å². The lowest BCUT2D eigenvalue weighted by Crippen LogP contribution is -2.26. The highest BCUT2D eigenvalue weighted by molar-refractivity contribution is 5.59. The Kier molecular flexibility index (Phi) is 5.79. The molecule has 0 spiro atoms. The topological polar surface area (TPSA) is 66.0 Å². The average Bonchev–Trinajstić information content (AvgIpc) is 3.01. The van der Waals surface area contributed by atoms with Crippen LogP contribution in [-0.4, -0.2) is 28.0 Å². The second-order valence-electron chi connectivity index (χ2n) is 6.95. The fraction of sp³-hybridized carbons (Fsp3) is 0.286. The Bertz CT molecular complexity index is 873. The van der Waals surface area contributed by atoms with Crippen LogP contribution in [0.25, 0.3) is 0 Å². The number of aromatic nitrogens is 3. The van der Waals surface area contributed by atoms with Crippen molar-refractivity contribution >= 4 is 29.2 Å². The zero-order valence-electron chi connectivity index (χ0n) is 15.9. The van der Waals surface area contributed by atoms with Gasteiger partial charge < -0.3 is 15.5 Å². The molecule has 1 aromatic heterocycles. The summed E-state index contributed by atoms with van der Waals surface area (Å²) in [6.45, 7) is 1.77. The Morgan fingerprint density at radius 2 is 1.07 bits per heavy atom. The molecule has 0 bridgehead atoms. The summed E-state index contributed by atoms with van der Waals surface area (Å²) in [5.74, 6) is 0.673. The van der Waals surface area contributed by atoms with Gasteiger partial charge >= 0.3 is 0 Å². The summed E-state index contributed by atoms with van der Waals surface area (Å²) < 4.78 is 26.4. The van der Waals surface area contributed by atoms with E-state index in [2.05, 4.69) is 30.5 Å². The van der Waals surface area contributed by atoms with Gasteiger partial charge in [0.2, 0.25) is 17.8 Å². The van der Waals surface area contributed by atoms with Crippen molar-refractivity contribution in [1.29, 1.82) is 0 Å². The van der Waals surface area contributed by atoms with E-state index in [1.54, 1.807) is 24.3 Å². The van der Waals surface area contributed by atoms with Gasteiger partial charge in [-0.3, -0.25) is 0 Å². The quantitative estimate of drug-likeness (QED) is 0.631. The number of benzene rings is 2. The van der Waals surface area contributed by atoms with Crippen LogP contribution in [0.5, 0.6) is 0 Å². The number of hydrogen-bond donors (Lipinski definition) is 2. The zero-order valence-corrected chi connectivity index (χ0v) is 15.9. The average molecular weight is 396 g/mol. The molecule has 0 radical (unpaired) electrons. The molecular weight excluding hydrogens is 374 g/mol. The predicted molar refractivity (Wildman–Crippen MR) is 110 cm³/mol. The smallest absolute Gasteiger partial charge is 0.233 e. The molecule has 0 unspecified atom stereocenters. The van der Waals surface area contributed by atoms with E-state index >= 15 is 0 Å². The molecule has 1 aliphatic heterocycles. The summed E-state index contributed by atoms with van der Waals surface area (Å²) >= 11 is 0. The summed E-state index contributed by atoms with van der Waals surface area (Å²) in [6.07, 6.45) is 4.58. The van der Waals surface area contributed by atoms with E-state index in [4.69, 9.17) is 0 Å². The number of rotatable bonds is 5. The monoisotopic (exact) mass is 396 g/mol. The highest BCUT2D eigenvalue weighted by atomic mass is 19.1. The van der Waals surface area contributed by atoms with Crippen LogP contribution in [0.1, 0.15) is 25.7 Å². The Balaban J connectivity index is 1.63. The Morgan fingerprint density at radius 3 is 1.52 bits per heavy atom. The number of nitrogens with zero attached hydrogens (tertiary/aromatic N) is 4. The van der Waals surface area contributed by atoms with Crippen LogP contribution in [0.4, 0.5) is 38.0 Å². The first-order chi connectivity index (χ1) is 14.2. The maximum absolute atomic E-state index is 13.2. The van der Waals surface area contributed by atoms with Crippen LogP contribution in [0.2, 0.25) is 0 Å². The van der Waals surface area contributed by atoms with Crippen molar-refractivity contribution < 1.29 is 8.78 Å². The zero-order chi connectivity index (χ0) is 20.1. The van der Waals surface area contributed by atoms with Gasteiger partial charge in [-0.15, -0.1) is 0 Å². The number of halogens is 2. The van der Waals surface area contributed by atoms with Gasteiger partial charge in [0, 0.05) is 24.5 Å². The fourth-order valence-electron chi connectivity index (χ4n) is 3.21. The standard InChI is InChI=1S/C21H22F2N6/c22-15-5-9-17(10-6-15)24-19-26-20(25-18-11-7-16(23)8-12-18)28-21(27-19)29-13-3-1-2-4-14-29/h5-12H,1-4,13-14H2,(H2,24,25,26,27,28). The predicted octanol–water partition coefficient (Wildman–Crippen LogP) is 5.02. The van der Waals surface area contributed by atoms with Gasteiger partial charge in [0.25, 0.3) is 0 Å². The largest absolute Gasteiger partial charge is 0.341 e. The van der Waals surface area contributed by atoms with Crippen LogP contribution in [-0.2, 0) is 0 Å². The third-order valence-electron chi connectivity index (χ3n) is 4.71. The molecule has 2 aromatic carbocycles. The Morgan fingerprint density at radius 1 is 0.621 bits per heavy atom. The number of anilines is 5. The van der Waals surface area contributed by atoms with Crippen molar-refractivity contribution in [3.63, 3.8) is 0 Å². The number of nitrogens with one attached hydrogen (secondary N) is 2. The lowest BCUT2D eigenvalue weighted by molar-refractivity contribution is 0.627. The third kappa shape index (κ3) is 5.16. The number of hydrogen-bond acceptors (Lipinski definition) is 6. The summed E-state index contributed by atoms with van der Waals surface area (Å²) in [4.78, 5) is 15.7. The SMILES string of the molecule is Fc1ccc(Nc2nc(Nc3ccc(F)cc3)nc(N3CCCCCC3)n2)cc1. The van der Waals surface area contributed by atoms with E-state index in [0.717, 1.165) is 25.9 Å². The maximum Gasteiger partial charge on any atom is 0.233 e. The molecule has 0 saturated carbocycles. The molecular formula is C21H22F2N6. The highest BCUT2D eigenvalue weighted by Gasteiger charge is 2.16. The molecule has 0 amide bonds.